The number of hydrogen-bond donors (Lipinski definition) is 0. The average Bonchev–Trinajstić information content (AvgIpc) is 3.03. The Hall–Kier alpha value is -1.70. The number of hydrogen-bond acceptors (Lipinski definition) is 3. The van der Waals surface area contributed by atoms with E-state index >= 15 is 0 Å². The van der Waals surface area contributed by atoms with Crippen molar-refractivity contribution in [2.24, 2.45) is 5.92 Å². The molecule has 4 rings (SSSR count). The van der Waals surface area contributed by atoms with Crippen LogP contribution in [0.25, 0.3) is 0 Å². The van der Waals surface area contributed by atoms with Gasteiger partial charge < -0.3 is 4.90 Å². The summed E-state index contributed by atoms with van der Waals surface area (Å²) in [6.07, 6.45) is 2.02. The van der Waals surface area contributed by atoms with Gasteiger partial charge in [-0.2, -0.15) is 0 Å². The van der Waals surface area contributed by atoms with Crippen LogP contribution in [0.2, 0.25) is 0 Å². The third-order valence-corrected chi connectivity index (χ3v) is 8.22. The molecule has 1 unspecified atom stereocenters. The highest BCUT2D eigenvalue weighted by molar-refractivity contribution is 9.10. The molecule has 0 aromatic heterocycles. The molecule has 1 atom stereocenters. The first kappa shape index (κ1) is 20.6. The number of fused-ring (bicyclic) bond motifs is 1. The third kappa shape index (κ3) is 4.27. The number of anilines is 1. The first-order valence-corrected chi connectivity index (χ1v) is 12.4. The van der Waals surface area contributed by atoms with Crippen LogP contribution in [0.3, 0.4) is 0 Å². The van der Waals surface area contributed by atoms with E-state index in [9.17, 15) is 13.2 Å². The molecule has 29 heavy (non-hydrogen) atoms. The van der Waals surface area contributed by atoms with Crippen LogP contribution in [0, 0.1) is 5.92 Å². The molecule has 0 bridgehead atoms. The van der Waals surface area contributed by atoms with Crippen molar-refractivity contribution in [1.82, 2.24) is 4.31 Å². The van der Waals surface area contributed by atoms with Crippen LogP contribution in [-0.4, -0.2) is 37.8 Å². The molecular formula is C22H25BrN2O3S. The molecule has 1 saturated heterocycles. The van der Waals surface area contributed by atoms with Crippen LogP contribution < -0.4 is 4.90 Å². The zero-order valence-corrected chi connectivity index (χ0v) is 18.8. The number of carbonyl (C=O) groups excluding carboxylic acids is 1. The number of piperidine rings is 1. The van der Waals surface area contributed by atoms with E-state index in [0.717, 1.165) is 22.1 Å². The summed E-state index contributed by atoms with van der Waals surface area (Å²) in [5.41, 5.74) is 2.98. The number of halogens is 1. The molecule has 154 valence electrons. The zero-order chi connectivity index (χ0) is 20.6. The van der Waals surface area contributed by atoms with E-state index in [0.29, 0.717) is 25.9 Å². The van der Waals surface area contributed by atoms with Crippen molar-refractivity contribution in [3.63, 3.8) is 0 Å². The van der Waals surface area contributed by atoms with Gasteiger partial charge in [-0.05, 0) is 55.5 Å². The van der Waals surface area contributed by atoms with Gasteiger partial charge in [0, 0.05) is 35.2 Å². The fourth-order valence-electron chi connectivity index (χ4n) is 4.41. The summed E-state index contributed by atoms with van der Waals surface area (Å²) in [5, 5.41) is 0. The van der Waals surface area contributed by atoms with Crippen molar-refractivity contribution in [3.05, 3.63) is 64.1 Å². The maximum absolute atomic E-state index is 13.2. The summed E-state index contributed by atoms with van der Waals surface area (Å²) < 4.78 is 28.1. The molecule has 2 heterocycles. The third-order valence-electron chi connectivity index (χ3n) is 5.88. The standard InChI is InChI=1S/C22H25BrN2O3S/c1-16-13-19-6-2-3-8-21(19)25(16)22(26)18-9-11-24(12-10-18)29(27,28)15-17-5-4-7-20(23)14-17/h2-8,14,16,18H,9-13,15H2,1H3. The lowest BCUT2D eigenvalue weighted by molar-refractivity contribution is -0.123. The molecule has 0 radical (unpaired) electrons. The Morgan fingerprint density at radius 2 is 1.83 bits per heavy atom. The molecular weight excluding hydrogens is 452 g/mol. The van der Waals surface area contributed by atoms with Gasteiger partial charge in [-0.3, -0.25) is 4.79 Å². The van der Waals surface area contributed by atoms with E-state index in [4.69, 9.17) is 0 Å². The Bertz CT molecular complexity index is 1020. The highest BCUT2D eigenvalue weighted by Crippen LogP contribution is 2.35. The number of benzene rings is 2. The summed E-state index contributed by atoms with van der Waals surface area (Å²) in [5.74, 6) is -0.00545. The molecule has 0 spiro atoms. The molecule has 1 fully saturated rings. The molecule has 1 amide bonds. The van der Waals surface area contributed by atoms with Crippen LogP contribution in [0.1, 0.15) is 30.9 Å². The lowest BCUT2D eigenvalue weighted by Crippen LogP contribution is -2.46. The van der Waals surface area contributed by atoms with Gasteiger partial charge >= 0.3 is 0 Å². The monoisotopic (exact) mass is 476 g/mol. The van der Waals surface area contributed by atoms with Gasteiger partial charge in [-0.1, -0.05) is 46.3 Å². The molecule has 2 aliphatic rings. The quantitative estimate of drug-likeness (QED) is 0.670. The SMILES string of the molecule is CC1Cc2ccccc2N1C(=O)C1CCN(S(=O)(=O)Cc2cccc(Br)c2)CC1. The van der Waals surface area contributed by atoms with Crippen molar-refractivity contribution in [2.45, 2.75) is 38.0 Å². The molecule has 7 heteroatoms. The lowest BCUT2D eigenvalue weighted by atomic mass is 9.96. The van der Waals surface area contributed by atoms with Gasteiger partial charge in [-0.25, -0.2) is 12.7 Å². The first-order chi connectivity index (χ1) is 13.8. The Labute approximate surface area is 180 Å². The molecule has 5 nitrogen and oxygen atoms in total. The lowest BCUT2D eigenvalue weighted by Gasteiger charge is -2.34. The highest BCUT2D eigenvalue weighted by Gasteiger charge is 2.37. The molecule has 2 aromatic carbocycles. The average molecular weight is 477 g/mol. The van der Waals surface area contributed by atoms with Gasteiger partial charge in [0.15, 0.2) is 0 Å². The van der Waals surface area contributed by atoms with E-state index in [1.165, 1.54) is 5.56 Å². The second-order valence-electron chi connectivity index (χ2n) is 7.95. The minimum Gasteiger partial charge on any atom is -0.309 e. The number of nitrogens with zero attached hydrogens (tertiary/aromatic N) is 2. The minimum atomic E-state index is -3.39. The van der Waals surface area contributed by atoms with Crippen molar-refractivity contribution < 1.29 is 13.2 Å². The molecule has 0 N–H and O–H groups in total. The highest BCUT2D eigenvalue weighted by atomic mass is 79.9. The number of rotatable bonds is 4. The fourth-order valence-corrected chi connectivity index (χ4v) is 6.40. The molecule has 0 aliphatic carbocycles. The minimum absolute atomic E-state index is 0.0123. The van der Waals surface area contributed by atoms with Crippen molar-refractivity contribution in [3.8, 4) is 0 Å². The van der Waals surface area contributed by atoms with E-state index < -0.39 is 10.0 Å². The summed E-state index contributed by atoms with van der Waals surface area (Å²) in [6.45, 7) is 2.88. The molecule has 2 aromatic rings. The second kappa shape index (κ2) is 8.20. The largest absolute Gasteiger partial charge is 0.309 e. The Morgan fingerprint density at radius 3 is 2.55 bits per heavy atom. The van der Waals surface area contributed by atoms with Crippen LogP contribution in [-0.2, 0) is 27.0 Å². The van der Waals surface area contributed by atoms with Gasteiger partial charge in [0.2, 0.25) is 15.9 Å². The topological polar surface area (TPSA) is 57.7 Å². The molecule has 0 saturated carbocycles. The van der Waals surface area contributed by atoms with Crippen molar-refractivity contribution >= 4 is 37.5 Å². The van der Waals surface area contributed by atoms with Gasteiger partial charge in [-0.15, -0.1) is 0 Å². The summed E-state index contributed by atoms with van der Waals surface area (Å²) in [7, 11) is -3.39. The van der Waals surface area contributed by atoms with E-state index in [1.807, 2.05) is 47.4 Å². The maximum Gasteiger partial charge on any atom is 0.230 e. The van der Waals surface area contributed by atoms with Crippen molar-refractivity contribution in [2.75, 3.05) is 18.0 Å². The van der Waals surface area contributed by atoms with Crippen molar-refractivity contribution in [1.29, 1.82) is 0 Å². The number of amides is 1. The maximum atomic E-state index is 13.2. The number of sulfonamides is 1. The fraction of sp³-hybridized carbons (Fsp3) is 0.409. The number of para-hydroxylation sites is 1. The Morgan fingerprint density at radius 1 is 1.10 bits per heavy atom. The number of carbonyl (C=O) groups is 1. The summed E-state index contributed by atoms with van der Waals surface area (Å²) >= 11 is 3.39. The second-order valence-corrected chi connectivity index (χ2v) is 10.8. The summed E-state index contributed by atoms with van der Waals surface area (Å²) in [4.78, 5) is 15.1. The normalized spacial score (nSPS) is 20.6. The predicted molar refractivity (Wildman–Crippen MR) is 118 cm³/mol. The Balaban J connectivity index is 1.41. The predicted octanol–water partition coefficient (Wildman–Crippen LogP) is 3.97. The van der Waals surface area contributed by atoms with E-state index in [1.54, 1.807) is 4.31 Å². The van der Waals surface area contributed by atoms with Crippen LogP contribution in [0.4, 0.5) is 5.69 Å². The van der Waals surface area contributed by atoms with E-state index in [-0.39, 0.29) is 23.6 Å². The van der Waals surface area contributed by atoms with Crippen LogP contribution in [0.5, 0.6) is 0 Å². The van der Waals surface area contributed by atoms with Crippen LogP contribution >= 0.6 is 15.9 Å². The molecule has 2 aliphatic heterocycles. The van der Waals surface area contributed by atoms with Gasteiger partial charge in [0.05, 0.1) is 5.75 Å². The van der Waals surface area contributed by atoms with Gasteiger partial charge in [0.1, 0.15) is 0 Å². The first-order valence-electron chi connectivity index (χ1n) is 9.98. The van der Waals surface area contributed by atoms with E-state index in [2.05, 4.69) is 28.9 Å². The summed E-state index contributed by atoms with van der Waals surface area (Å²) in [6, 6.07) is 15.6. The smallest absolute Gasteiger partial charge is 0.230 e. The van der Waals surface area contributed by atoms with Gasteiger partial charge in [0.25, 0.3) is 0 Å². The van der Waals surface area contributed by atoms with Crippen LogP contribution in [0.15, 0.2) is 53.0 Å². The zero-order valence-electron chi connectivity index (χ0n) is 16.4. The Kier molecular flexibility index (Phi) is 5.82.